The quantitative estimate of drug-likeness (QED) is 0.115. The van der Waals surface area contributed by atoms with Gasteiger partial charge in [0.1, 0.15) is 47.0 Å². The van der Waals surface area contributed by atoms with Crippen molar-refractivity contribution in [2.45, 2.75) is 103 Å². The molecule has 0 radical (unpaired) electrons. The van der Waals surface area contributed by atoms with E-state index in [1.807, 2.05) is 40.0 Å². The van der Waals surface area contributed by atoms with Crippen molar-refractivity contribution in [3.63, 3.8) is 0 Å². The van der Waals surface area contributed by atoms with Gasteiger partial charge in [0.05, 0.1) is 24.9 Å². The molecule has 4 fully saturated rings. The molecule has 1 aliphatic heterocycles. The van der Waals surface area contributed by atoms with Gasteiger partial charge in [-0.2, -0.15) is 0 Å². The van der Waals surface area contributed by atoms with Crippen LogP contribution in [0.5, 0.6) is 11.5 Å². The first-order valence-corrected chi connectivity index (χ1v) is 20.8. The number of pyridine rings is 1. The highest BCUT2D eigenvalue weighted by Crippen LogP contribution is 2.52. The molecule has 59 heavy (non-hydrogen) atoms. The zero-order valence-electron chi connectivity index (χ0n) is 34.1. The van der Waals surface area contributed by atoms with Crippen LogP contribution in [-0.2, 0) is 28.7 Å². The number of rotatable bonds is 15. The van der Waals surface area contributed by atoms with Crippen LogP contribution in [0.25, 0.3) is 22.3 Å². The summed E-state index contributed by atoms with van der Waals surface area (Å²) >= 11 is 1.42. The molecular weight excluding hydrogens is 781 g/mol. The zero-order chi connectivity index (χ0) is 42.4. The molecule has 2 aromatic heterocycles. The second kappa shape index (κ2) is 16.3. The molecule has 3 aromatic rings. The third-order valence-electron chi connectivity index (χ3n) is 11.5. The van der Waals surface area contributed by atoms with E-state index < -0.39 is 64.9 Å². The topological polar surface area (TPSA) is 208 Å². The molecule has 1 aromatic carbocycles. The molecule has 1 saturated heterocycles. The second-order valence-electron chi connectivity index (χ2n) is 17.4. The fourth-order valence-electron chi connectivity index (χ4n) is 8.15. The summed E-state index contributed by atoms with van der Waals surface area (Å²) in [7, 11) is 1.27. The number of carboxylic acids is 1. The Morgan fingerprint density at radius 1 is 1.05 bits per heavy atom. The van der Waals surface area contributed by atoms with Gasteiger partial charge < -0.3 is 44.9 Å². The highest BCUT2D eigenvalue weighted by Gasteiger charge is 2.61. The van der Waals surface area contributed by atoms with Gasteiger partial charge in [0, 0.05) is 41.3 Å². The zero-order valence-corrected chi connectivity index (χ0v) is 34.9. The summed E-state index contributed by atoms with van der Waals surface area (Å²) in [5.41, 5.74) is -0.822. The molecule has 0 spiro atoms. The van der Waals surface area contributed by atoms with Gasteiger partial charge in [-0.25, -0.2) is 24.4 Å². The van der Waals surface area contributed by atoms with Crippen LogP contribution < -0.4 is 25.4 Å². The van der Waals surface area contributed by atoms with E-state index in [0.717, 1.165) is 19.3 Å². The van der Waals surface area contributed by atoms with Crippen LogP contribution in [0.1, 0.15) is 66.7 Å². The molecule has 3 amide bonds. The molecule has 4 aliphatic rings. The Morgan fingerprint density at radius 2 is 1.80 bits per heavy atom. The van der Waals surface area contributed by atoms with E-state index in [9.17, 15) is 29.1 Å². The number of carbonyl (C=O) groups excluding carboxylic acids is 4. The summed E-state index contributed by atoms with van der Waals surface area (Å²) in [6.45, 7) is 12.8. The van der Waals surface area contributed by atoms with E-state index in [2.05, 4.69) is 22.5 Å². The Hall–Kier alpha value is -5.45. The lowest BCUT2D eigenvalue weighted by atomic mass is 9.85. The number of nitrogens with zero attached hydrogens (tertiary/aromatic N) is 3. The number of anilines is 1. The van der Waals surface area contributed by atoms with Crippen molar-refractivity contribution in [3.05, 3.63) is 42.3 Å². The van der Waals surface area contributed by atoms with E-state index in [4.69, 9.17) is 28.9 Å². The molecule has 3 unspecified atom stereocenters. The molecule has 7 rings (SSSR count). The van der Waals surface area contributed by atoms with Gasteiger partial charge in [-0.05, 0) is 68.9 Å². The van der Waals surface area contributed by atoms with E-state index in [1.54, 1.807) is 24.3 Å². The Bertz CT molecular complexity index is 2140. The summed E-state index contributed by atoms with van der Waals surface area (Å²) in [6, 6.07) is 4.72. The van der Waals surface area contributed by atoms with Crippen molar-refractivity contribution in [1.82, 2.24) is 25.5 Å². The maximum absolute atomic E-state index is 14.7. The van der Waals surface area contributed by atoms with Crippen molar-refractivity contribution < 1.29 is 48.0 Å². The highest BCUT2D eigenvalue weighted by molar-refractivity contribution is 7.14. The number of nitrogens with one attached hydrogen (secondary N) is 3. The van der Waals surface area contributed by atoms with Gasteiger partial charge in [-0.1, -0.05) is 26.8 Å². The largest absolute Gasteiger partial charge is 0.488 e. The third-order valence-corrected chi connectivity index (χ3v) is 12.3. The van der Waals surface area contributed by atoms with Crippen LogP contribution in [-0.4, -0.2) is 106 Å². The van der Waals surface area contributed by atoms with Crippen molar-refractivity contribution in [1.29, 1.82) is 0 Å². The molecule has 0 bridgehead atoms. The van der Waals surface area contributed by atoms with Gasteiger partial charge in [-0.3, -0.25) is 9.59 Å². The fraction of sp³-hybridized carbons (Fsp3) is 0.548. The van der Waals surface area contributed by atoms with Gasteiger partial charge in [0.15, 0.2) is 11.7 Å². The number of hydrogen-bond donors (Lipinski definition) is 4. The minimum absolute atomic E-state index is 0.0107. The number of fused-ring (bicyclic) bond motifs is 2. The number of methoxy groups -OCH3 is 1. The van der Waals surface area contributed by atoms with Crippen LogP contribution in [0.3, 0.4) is 0 Å². The van der Waals surface area contributed by atoms with Crippen molar-refractivity contribution in [2.24, 2.45) is 23.2 Å². The number of aliphatic carboxylic acids is 1. The minimum atomic E-state index is -1.54. The Labute approximate surface area is 346 Å². The van der Waals surface area contributed by atoms with Gasteiger partial charge >= 0.3 is 18.0 Å². The molecule has 3 saturated carbocycles. The maximum Gasteiger partial charge on any atom is 0.408 e. The van der Waals surface area contributed by atoms with Crippen LogP contribution >= 0.6 is 11.3 Å². The number of alkyl carbamates (subject to hydrolysis) is 1. The first-order valence-electron chi connectivity index (χ1n) is 20.0. The Balaban J connectivity index is 1.19. The van der Waals surface area contributed by atoms with Gasteiger partial charge in [-0.15, -0.1) is 17.9 Å². The lowest BCUT2D eigenvalue weighted by Gasteiger charge is -2.35. The van der Waals surface area contributed by atoms with Gasteiger partial charge in [0.25, 0.3) is 0 Å². The summed E-state index contributed by atoms with van der Waals surface area (Å²) in [5.74, 6) is -1.49. The third kappa shape index (κ3) is 9.09. The number of aromatic nitrogens is 2. The number of carboxylic acid groups (broad SMARTS) is 1. The molecule has 17 heteroatoms. The van der Waals surface area contributed by atoms with E-state index in [-0.39, 0.29) is 38.1 Å². The number of benzene rings is 1. The van der Waals surface area contributed by atoms with Crippen LogP contribution in [0.4, 0.5) is 9.93 Å². The summed E-state index contributed by atoms with van der Waals surface area (Å²) < 4.78 is 22.8. The van der Waals surface area contributed by atoms with E-state index in [0.29, 0.717) is 50.8 Å². The van der Waals surface area contributed by atoms with Crippen molar-refractivity contribution in [3.8, 4) is 22.9 Å². The monoisotopic (exact) mass is 832 g/mol. The number of hydrogen-bond acceptors (Lipinski definition) is 13. The first-order chi connectivity index (χ1) is 28.0. The average Bonchev–Trinajstić information content (AvgIpc) is 3.85. The van der Waals surface area contributed by atoms with Crippen LogP contribution in [0, 0.1) is 23.2 Å². The van der Waals surface area contributed by atoms with Crippen LogP contribution in [0.15, 0.2) is 42.3 Å². The van der Waals surface area contributed by atoms with Crippen molar-refractivity contribution in [2.75, 3.05) is 25.6 Å². The SMILES string of the molecule is C=CC1C[C@]1(NC(=O)[C@@H]1CC(Oc2cc(-c3csc(NC(C)C)n3)nc3cc(OCC(=O)OC)ccc23)CN1C(=O)[C@@H](NC(=O)OC1C[C@@H]2C[C@@H]2C1)C(C)(C)C)C(=O)O. The predicted molar refractivity (Wildman–Crippen MR) is 218 cm³/mol. The van der Waals surface area contributed by atoms with E-state index in [1.165, 1.54) is 29.4 Å². The molecule has 16 nitrogen and oxygen atoms in total. The number of thiazole rings is 1. The van der Waals surface area contributed by atoms with Crippen molar-refractivity contribution >= 4 is 57.2 Å². The molecule has 8 atom stereocenters. The smallest absolute Gasteiger partial charge is 0.408 e. The minimum Gasteiger partial charge on any atom is -0.488 e. The molecule has 3 aliphatic carbocycles. The standard InChI is InChI=1S/C42H52N6O10S/c1-8-24-17-42(24,38(52)53)47-36(50)32-15-27(18-48(32)37(51)35(41(4,5)6)46-40(54)58-26-12-22-11-23(22)13-26)57-33-16-30(31-20-59-39(45-31)43-21(2)3)44-29-14-25(9-10-28(29)33)56-19-34(49)55-7/h8-10,14,16,20-24,26-27,32,35H,1,11-13,15,17-19H2,2-7H3,(H,43,45)(H,46,54)(H,47,50)(H,52,53)/t22-,23+,24?,26?,27?,32-,35+,42+/m0/s1. The molecule has 4 N–H and O–H groups in total. The highest BCUT2D eigenvalue weighted by atomic mass is 32.1. The maximum atomic E-state index is 14.7. The second-order valence-corrected chi connectivity index (χ2v) is 18.2. The fourth-order valence-corrected chi connectivity index (χ4v) is 9.00. The molecule has 3 heterocycles. The summed E-state index contributed by atoms with van der Waals surface area (Å²) in [5, 5.41) is 22.1. The first kappa shape index (κ1) is 41.7. The molecular formula is C42H52N6O10S. The Kier molecular flexibility index (Phi) is 11.5. The predicted octanol–water partition coefficient (Wildman–Crippen LogP) is 5.16. The van der Waals surface area contributed by atoms with E-state index >= 15 is 0 Å². The lowest BCUT2D eigenvalue weighted by Crippen LogP contribution is -2.59. The normalized spacial score (nSPS) is 26.1. The lowest BCUT2D eigenvalue weighted by molar-refractivity contribution is -0.146. The number of carbonyl (C=O) groups is 5. The summed E-state index contributed by atoms with van der Waals surface area (Å²) in [4.78, 5) is 77.4. The Morgan fingerprint density at radius 3 is 2.44 bits per heavy atom. The number of ether oxygens (including phenoxy) is 4. The van der Waals surface area contributed by atoms with Gasteiger partial charge in [0.2, 0.25) is 11.8 Å². The van der Waals surface area contributed by atoms with Crippen LogP contribution in [0.2, 0.25) is 0 Å². The number of likely N-dealkylation sites (tertiary alicyclic amines) is 1. The number of amides is 3. The molecule has 316 valence electrons. The average molecular weight is 833 g/mol. The summed E-state index contributed by atoms with van der Waals surface area (Å²) in [6.07, 6.45) is 2.78. The number of esters is 1.